The average Bonchev–Trinajstić information content (AvgIpc) is 3.46. The van der Waals surface area contributed by atoms with Gasteiger partial charge < -0.3 is 10.2 Å². The van der Waals surface area contributed by atoms with Crippen molar-refractivity contribution in [1.29, 1.82) is 0 Å². The Hall–Kier alpha value is -5.49. The highest BCUT2D eigenvalue weighted by Gasteiger charge is 2.34. The van der Waals surface area contributed by atoms with Crippen LogP contribution in [-0.4, -0.2) is 69.1 Å². The molecule has 1 aliphatic heterocycles. The summed E-state index contributed by atoms with van der Waals surface area (Å²) in [5.41, 5.74) is 2.72. The topological polar surface area (TPSA) is 130 Å². The first kappa shape index (κ1) is 28.3. The van der Waals surface area contributed by atoms with E-state index in [-0.39, 0.29) is 23.2 Å². The number of benzene rings is 4. The number of nitro groups is 1. The van der Waals surface area contributed by atoms with Gasteiger partial charge in [-0.05, 0) is 74.8 Å². The lowest BCUT2D eigenvalue weighted by Gasteiger charge is -2.27. The molecule has 1 aliphatic rings. The number of halogens is 1. The molecule has 0 atom stereocenters. The Morgan fingerprint density at radius 2 is 1.76 bits per heavy atom. The van der Waals surface area contributed by atoms with E-state index in [2.05, 4.69) is 15.2 Å². The van der Waals surface area contributed by atoms with Crippen LogP contribution in [0, 0.1) is 15.9 Å². The molecule has 226 valence electrons. The Labute approximate surface area is 255 Å². The van der Waals surface area contributed by atoms with Crippen LogP contribution in [0.15, 0.2) is 71.8 Å². The van der Waals surface area contributed by atoms with Crippen molar-refractivity contribution in [3.8, 4) is 0 Å². The van der Waals surface area contributed by atoms with Crippen LogP contribution < -0.4 is 10.7 Å². The van der Waals surface area contributed by atoms with Crippen LogP contribution in [0.3, 0.4) is 0 Å². The minimum atomic E-state index is -0.540. The zero-order chi connectivity index (χ0) is 31.4. The van der Waals surface area contributed by atoms with Crippen LogP contribution in [0.5, 0.6) is 0 Å². The molecule has 4 aromatic carbocycles. The molecule has 2 amide bonds. The fourth-order valence-electron chi connectivity index (χ4n) is 6.33. The number of imidazole rings is 1. The van der Waals surface area contributed by atoms with Crippen molar-refractivity contribution < 1.29 is 18.9 Å². The number of pyridine rings is 1. The predicted molar refractivity (Wildman–Crippen MR) is 169 cm³/mol. The summed E-state index contributed by atoms with van der Waals surface area (Å²) in [5.74, 6) is -1.40. The molecule has 0 spiro atoms. The molecule has 12 heteroatoms. The maximum absolute atomic E-state index is 14.0. The summed E-state index contributed by atoms with van der Waals surface area (Å²) in [7, 11) is 1.95. The van der Waals surface area contributed by atoms with E-state index in [1.165, 1.54) is 29.2 Å². The van der Waals surface area contributed by atoms with Gasteiger partial charge in [0.25, 0.3) is 17.5 Å². The third kappa shape index (κ3) is 4.70. The first-order valence-corrected chi connectivity index (χ1v) is 14.6. The van der Waals surface area contributed by atoms with Crippen molar-refractivity contribution in [1.82, 2.24) is 19.2 Å². The molecule has 45 heavy (non-hydrogen) atoms. The number of nitrogens with zero attached hydrogens (tertiary/aromatic N) is 5. The molecule has 0 radical (unpaired) electrons. The Morgan fingerprint density at radius 3 is 2.58 bits per heavy atom. The first-order valence-electron chi connectivity index (χ1n) is 14.6. The van der Waals surface area contributed by atoms with E-state index in [1.807, 2.05) is 23.6 Å². The Bertz CT molecular complexity index is 2250. The molecule has 0 aliphatic carbocycles. The summed E-state index contributed by atoms with van der Waals surface area (Å²) >= 11 is 0. The molecule has 3 heterocycles. The summed E-state index contributed by atoms with van der Waals surface area (Å²) in [6.45, 7) is 2.07. The number of hydrogen-bond donors (Lipinski definition) is 1. The fourth-order valence-corrected chi connectivity index (χ4v) is 6.33. The number of non-ortho nitro benzene ring substituents is 1. The minimum absolute atomic E-state index is 0.168. The molecule has 0 fully saturated rings. The molecule has 0 saturated carbocycles. The van der Waals surface area contributed by atoms with Crippen LogP contribution in [-0.2, 0) is 0 Å². The maximum Gasteiger partial charge on any atom is 0.270 e. The molecule has 11 nitrogen and oxygen atoms in total. The summed E-state index contributed by atoms with van der Waals surface area (Å²) in [4.78, 5) is 58.5. The molecule has 2 aromatic heterocycles. The van der Waals surface area contributed by atoms with Gasteiger partial charge in [0.2, 0.25) is 0 Å². The molecule has 0 unspecified atom stereocenters. The molecule has 6 aromatic rings. The second kappa shape index (κ2) is 10.9. The maximum atomic E-state index is 14.0. The summed E-state index contributed by atoms with van der Waals surface area (Å²) in [6, 6.07) is 15.4. The first-order chi connectivity index (χ1) is 21.7. The van der Waals surface area contributed by atoms with Crippen LogP contribution in [0.25, 0.3) is 38.1 Å². The minimum Gasteiger partial charge on any atom is -0.384 e. The van der Waals surface area contributed by atoms with E-state index >= 15 is 0 Å². The van der Waals surface area contributed by atoms with Gasteiger partial charge >= 0.3 is 0 Å². The SMILES string of the molecule is CN(CCCNc1ccc2ncn3c4ccc(F)cc4c(=O)c1c23)CCCN1C(=O)c2cccc3cc([N+](=O)[O-])cc(c23)C1=O. The van der Waals surface area contributed by atoms with E-state index in [4.69, 9.17) is 0 Å². The molecule has 1 N–H and O–H groups in total. The zero-order valence-electron chi connectivity index (χ0n) is 24.2. The molecular formula is C33H27FN6O5. The Balaban J connectivity index is 0.983. The van der Waals surface area contributed by atoms with E-state index in [9.17, 15) is 28.9 Å². The number of carbonyl (C=O) groups is 2. The molecule has 0 saturated heterocycles. The number of anilines is 1. The number of nitro benzene ring substituents is 1. The van der Waals surface area contributed by atoms with Crippen molar-refractivity contribution in [2.45, 2.75) is 12.8 Å². The number of amides is 2. The lowest BCUT2D eigenvalue weighted by molar-refractivity contribution is -0.384. The standard InChI is InChI=1S/C33H27FN6O5/c1-37(13-4-14-38-32(42)22-6-2-5-19-15-21(40(44)45)17-24(28(19)22)33(38)43)12-3-11-35-25-8-9-26-30-29(25)31(41)23-16-20(34)7-10-27(23)39(30)18-36-26/h2,5-10,15-18,35H,3-4,11-14H2,1H3. The van der Waals surface area contributed by atoms with Gasteiger partial charge in [-0.2, -0.15) is 0 Å². The highest BCUT2D eigenvalue weighted by Crippen LogP contribution is 2.34. The highest BCUT2D eigenvalue weighted by atomic mass is 19.1. The lowest BCUT2D eigenvalue weighted by atomic mass is 9.93. The van der Waals surface area contributed by atoms with Crippen molar-refractivity contribution >= 4 is 61.3 Å². The summed E-state index contributed by atoms with van der Waals surface area (Å²) in [5, 5.41) is 16.5. The normalized spacial score (nSPS) is 13.3. The highest BCUT2D eigenvalue weighted by molar-refractivity contribution is 6.25. The second-order valence-corrected chi connectivity index (χ2v) is 11.3. The smallest absolute Gasteiger partial charge is 0.270 e. The molecule has 7 rings (SSSR count). The molecule has 0 bridgehead atoms. The average molecular weight is 607 g/mol. The predicted octanol–water partition coefficient (Wildman–Crippen LogP) is 5.06. The zero-order valence-corrected chi connectivity index (χ0v) is 24.2. The largest absolute Gasteiger partial charge is 0.384 e. The van der Waals surface area contributed by atoms with Crippen molar-refractivity contribution in [2.75, 3.05) is 38.5 Å². The second-order valence-electron chi connectivity index (χ2n) is 11.3. The number of imide groups is 1. The van der Waals surface area contributed by atoms with E-state index in [0.29, 0.717) is 75.4 Å². The number of nitrogens with one attached hydrogen (secondary N) is 1. The van der Waals surface area contributed by atoms with Crippen molar-refractivity contribution in [2.24, 2.45) is 0 Å². The van der Waals surface area contributed by atoms with Crippen LogP contribution >= 0.6 is 0 Å². The quantitative estimate of drug-likeness (QED) is 0.0753. The summed E-state index contributed by atoms with van der Waals surface area (Å²) < 4.78 is 15.8. The van der Waals surface area contributed by atoms with Gasteiger partial charge in [-0.25, -0.2) is 9.37 Å². The number of aromatic nitrogens is 2. The van der Waals surface area contributed by atoms with Crippen molar-refractivity contribution in [3.63, 3.8) is 0 Å². The number of carbonyl (C=O) groups excluding carboxylic acids is 2. The monoisotopic (exact) mass is 606 g/mol. The van der Waals surface area contributed by atoms with Crippen LogP contribution in [0.2, 0.25) is 0 Å². The number of hydrogen-bond acceptors (Lipinski definition) is 8. The van der Waals surface area contributed by atoms with Crippen LogP contribution in [0.1, 0.15) is 33.6 Å². The van der Waals surface area contributed by atoms with Gasteiger partial charge in [0, 0.05) is 47.2 Å². The fraction of sp³-hybridized carbons (Fsp3) is 0.212. The third-order valence-corrected chi connectivity index (χ3v) is 8.48. The van der Waals surface area contributed by atoms with Crippen LogP contribution in [0.4, 0.5) is 15.8 Å². The van der Waals surface area contributed by atoms with E-state index in [0.717, 1.165) is 6.42 Å². The van der Waals surface area contributed by atoms with E-state index < -0.39 is 22.6 Å². The summed E-state index contributed by atoms with van der Waals surface area (Å²) in [6.07, 6.45) is 2.91. The van der Waals surface area contributed by atoms with Gasteiger partial charge in [0.05, 0.1) is 32.4 Å². The van der Waals surface area contributed by atoms with Gasteiger partial charge in [-0.1, -0.05) is 12.1 Å². The van der Waals surface area contributed by atoms with Gasteiger partial charge in [-0.3, -0.25) is 33.8 Å². The van der Waals surface area contributed by atoms with Crippen molar-refractivity contribution in [3.05, 3.63) is 104 Å². The lowest BCUT2D eigenvalue weighted by Crippen LogP contribution is -2.41. The Kier molecular flexibility index (Phi) is 6.85. The molecular weight excluding hydrogens is 579 g/mol. The van der Waals surface area contributed by atoms with Gasteiger partial charge in [0.1, 0.15) is 12.1 Å². The Morgan fingerprint density at radius 1 is 0.956 bits per heavy atom. The van der Waals surface area contributed by atoms with Gasteiger partial charge in [0.15, 0.2) is 5.43 Å². The van der Waals surface area contributed by atoms with Gasteiger partial charge in [-0.15, -0.1) is 0 Å². The number of fused-ring (bicyclic) bond motifs is 2. The van der Waals surface area contributed by atoms with E-state index in [1.54, 1.807) is 30.6 Å². The third-order valence-electron chi connectivity index (χ3n) is 8.48. The number of rotatable bonds is 10.